The van der Waals surface area contributed by atoms with Crippen molar-refractivity contribution in [2.45, 2.75) is 63.3 Å². The lowest BCUT2D eigenvalue weighted by molar-refractivity contribution is -0.482. The molecular weight excluding hydrogens is 536 g/mol. The third-order valence-electron chi connectivity index (χ3n) is 9.03. The second-order valence-electron chi connectivity index (χ2n) is 11.8. The van der Waals surface area contributed by atoms with Crippen LogP contribution < -0.4 is 4.74 Å². The van der Waals surface area contributed by atoms with Gasteiger partial charge in [0.1, 0.15) is 11.9 Å². The maximum absolute atomic E-state index is 13.0. The molecule has 10 nitrogen and oxygen atoms in total. The molecule has 3 saturated heterocycles. The van der Waals surface area contributed by atoms with Gasteiger partial charge in [0, 0.05) is 48.9 Å². The summed E-state index contributed by atoms with van der Waals surface area (Å²) in [6, 6.07) is 14.0. The summed E-state index contributed by atoms with van der Waals surface area (Å²) in [7, 11) is 0. The molecule has 42 heavy (non-hydrogen) atoms. The zero-order valence-corrected chi connectivity index (χ0v) is 23.6. The Balaban J connectivity index is 0.927. The molecule has 0 saturated carbocycles. The molecule has 4 aliphatic rings. The van der Waals surface area contributed by atoms with Crippen molar-refractivity contribution >= 4 is 11.8 Å². The van der Waals surface area contributed by atoms with E-state index in [0.717, 1.165) is 68.2 Å². The fraction of sp³-hybridized carbons (Fsp3) is 0.469. The molecule has 10 heteroatoms. The number of nitroso groups, excluding NO2 is 1. The first kappa shape index (κ1) is 27.0. The third-order valence-corrected chi connectivity index (χ3v) is 9.03. The highest BCUT2D eigenvalue weighted by Gasteiger charge is 2.41. The van der Waals surface area contributed by atoms with Crippen LogP contribution in [0.3, 0.4) is 0 Å². The Kier molecular flexibility index (Phi) is 7.33. The number of benzene rings is 2. The summed E-state index contributed by atoms with van der Waals surface area (Å²) in [5, 5.41) is 0. The number of fused-ring (bicyclic) bond motifs is 1. The standard InChI is InChI=1S/C32H35N4O6/c37-31-8-5-25(18-36(31)39)35-17-24-15-26(6-7-28(24)32(35)38)41-27-9-12-34(19-27)20-30-33-16-29(42-30)23-3-1-21(2-4-23)22-10-13-40-14-11-22/h1-4,6-7,15-16,22,25,27H,5,8-14,17-20H2/q+1. The normalized spacial score (nSPS) is 23.5. The number of likely N-dealkylation sites (tertiary alicyclic amines) is 1. The molecule has 0 N–H and O–H groups in total. The van der Waals surface area contributed by atoms with E-state index in [1.54, 1.807) is 11.1 Å². The van der Waals surface area contributed by atoms with E-state index in [1.807, 2.05) is 18.2 Å². The number of amides is 2. The Labute approximate surface area is 244 Å². The van der Waals surface area contributed by atoms with Gasteiger partial charge in [-0.25, -0.2) is 9.78 Å². The maximum atomic E-state index is 13.0. The second-order valence-corrected chi connectivity index (χ2v) is 11.8. The Morgan fingerprint density at radius 1 is 1.02 bits per heavy atom. The average Bonchev–Trinajstić information content (AvgIpc) is 3.75. The van der Waals surface area contributed by atoms with Crippen molar-refractivity contribution in [2.24, 2.45) is 0 Å². The molecule has 5 heterocycles. The van der Waals surface area contributed by atoms with Gasteiger partial charge in [0.2, 0.25) is 12.4 Å². The molecule has 0 radical (unpaired) electrons. The number of carbonyl (C=O) groups excluding carboxylic acids is 2. The quantitative estimate of drug-likeness (QED) is 0.387. The zero-order chi connectivity index (χ0) is 28.6. The number of nitrogens with zero attached hydrogens (tertiary/aromatic N) is 4. The van der Waals surface area contributed by atoms with Gasteiger partial charge in [-0.15, -0.1) is 0 Å². The number of ether oxygens (including phenoxy) is 2. The van der Waals surface area contributed by atoms with Crippen LogP contribution in [0.15, 0.2) is 53.1 Å². The molecule has 2 aromatic carbocycles. The van der Waals surface area contributed by atoms with Gasteiger partial charge in [-0.3, -0.25) is 9.69 Å². The predicted octanol–water partition coefficient (Wildman–Crippen LogP) is 4.31. The molecule has 2 atom stereocenters. The lowest BCUT2D eigenvalue weighted by atomic mass is 9.91. The summed E-state index contributed by atoms with van der Waals surface area (Å²) in [6.45, 7) is 4.40. The summed E-state index contributed by atoms with van der Waals surface area (Å²) in [5.41, 5.74) is 3.93. The lowest BCUT2D eigenvalue weighted by Gasteiger charge is -2.25. The summed E-state index contributed by atoms with van der Waals surface area (Å²) in [5.74, 6) is 2.28. The van der Waals surface area contributed by atoms with Crippen molar-refractivity contribution < 1.29 is 28.2 Å². The first-order chi connectivity index (χ1) is 20.5. The number of hydrogen-bond donors (Lipinski definition) is 0. The topological polar surface area (TPSA) is 105 Å². The summed E-state index contributed by atoms with van der Waals surface area (Å²) in [4.78, 5) is 45.0. The number of hydrogen-bond acceptors (Lipinski definition) is 8. The van der Waals surface area contributed by atoms with E-state index in [4.69, 9.17) is 13.9 Å². The molecule has 0 bridgehead atoms. The fourth-order valence-corrected chi connectivity index (χ4v) is 6.63. The SMILES string of the molecule is O=C1c2ccc(OC3CCN(Cc4ncc(-c5ccc(C6CCOCC6)cc5)o4)C3)cc2CN1C1CCC(=O)[N+](=O)C1. The van der Waals surface area contributed by atoms with Gasteiger partial charge in [0.25, 0.3) is 5.91 Å². The highest BCUT2D eigenvalue weighted by atomic mass is 16.5. The molecule has 2 unspecified atom stereocenters. The smallest absolute Gasteiger partial charge is 0.433 e. The van der Waals surface area contributed by atoms with E-state index >= 15 is 0 Å². The van der Waals surface area contributed by atoms with Crippen LogP contribution in [0.5, 0.6) is 5.75 Å². The Hall–Kier alpha value is -3.89. The van der Waals surface area contributed by atoms with Gasteiger partial charge in [-0.1, -0.05) is 24.3 Å². The van der Waals surface area contributed by atoms with E-state index in [1.165, 1.54) is 5.56 Å². The third kappa shape index (κ3) is 5.48. The van der Waals surface area contributed by atoms with Crippen molar-refractivity contribution in [3.63, 3.8) is 0 Å². The van der Waals surface area contributed by atoms with Crippen LogP contribution in [0, 0.1) is 4.91 Å². The van der Waals surface area contributed by atoms with E-state index in [9.17, 15) is 14.5 Å². The number of piperidine rings is 1. The fourth-order valence-electron chi connectivity index (χ4n) is 6.63. The van der Waals surface area contributed by atoms with Gasteiger partial charge < -0.3 is 18.8 Å². The van der Waals surface area contributed by atoms with Gasteiger partial charge in [-0.05, 0) is 60.9 Å². The maximum Gasteiger partial charge on any atom is 0.433 e. The molecule has 4 aliphatic heterocycles. The Bertz CT molecular complexity index is 1490. The Morgan fingerprint density at radius 2 is 1.86 bits per heavy atom. The highest BCUT2D eigenvalue weighted by molar-refractivity contribution is 5.98. The minimum Gasteiger partial charge on any atom is -0.489 e. The van der Waals surface area contributed by atoms with Crippen LogP contribution in [-0.2, 0) is 22.6 Å². The lowest BCUT2D eigenvalue weighted by Crippen LogP contribution is -2.45. The molecular formula is C32H35N4O6+. The Morgan fingerprint density at radius 3 is 2.67 bits per heavy atom. The number of aromatic nitrogens is 1. The van der Waals surface area contributed by atoms with Gasteiger partial charge in [0.05, 0.1) is 30.0 Å². The van der Waals surface area contributed by atoms with Crippen LogP contribution >= 0.6 is 0 Å². The number of rotatable bonds is 7. The molecule has 218 valence electrons. The molecule has 7 rings (SSSR count). The number of carbonyl (C=O) groups is 2. The molecule has 3 aromatic rings. The van der Waals surface area contributed by atoms with Crippen LogP contribution in [0.2, 0.25) is 0 Å². The number of oxazole rings is 1. The van der Waals surface area contributed by atoms with Crippen molar-refractivity contribution in [1.82, 2.24) is 14.8 Å². The van der Waals surface area contributed by atoms with Crippen molar-refractivity contribution in [3.8, 4) is 17.1 Å². The van der Waals surface area contributed by atoms with Crippen LogP contribution in [0.25, 0.3) is 11.3 Å². The monoisotopic (exact) mass is 571 g/mol. The summed E-state index contributed by atoms with van der Waals surface area (Å²) < 4.78 is 18.4. The summed E-state index contributed by atoms with van der Waals surface area (Å²) in [6.07, 6.45) is 5.57. The predicted molar refractivity (Wildman–Crippen MR) is 152 cm³/mol. The van der Waals surface area contributed by atoms with Crippen molar-refractivity contribution in [2.75, 3.05) is 32.8 Å². The second kappa shape index (κ2) is 11.4. The zero-order valence-electron chi connectivity index (χ0n) is 23.6. The van der Waals surface area contributed by atoms with Gasteiger partial charge in [0.15, 0.2) is 5.76 Å². The van der Waals surface area contributed by atoms with Gasteiger partial charge >= 0.3 is 5.91 Å². The molecule has 0 spiro atoms. The van der Waals surface area contributed by atoms with E-state index in [2.05, 4.69) is 34.1 Å². The van der Waals surface area contributed by atoms with Gasteiger partial charge in [-0.2, -0.15) is 0 Å². The van der Waals surface area contributed by atoms with E-state index < -0.39 is 5.91 Å². The molecule has 3 fully saturated rings. The minimum absolute atomic E-state index is 0.0294. The van der Waals surface area contributed by atoms with Crippen molar-refractivity contribution in [3.05, 3.63) is 76.1 Å². The largest absolute Gasteiger partial charge is 0.489 e. The first-order valence-corrected chi connectivity index (χ1v) is 14.9. The van der Waals surface area contributed by atoms with E-state index in [0.29, 0.717) is 41.6 Å². The molecule has 2 amide bonds. The van der Waals surface area contributed by atoms with Crippen LogP contribution in [-0.4, -0.2) is 76.4 Å². The van der Waals surface area contributed by atoms with E-state index in [-0.39, 0.29) is 31.0 Å². The molecule has 0 aliphatic carbocycles. The van der Waals surface area contributed by atoms with Crippen LogP contribution in [0.1, 0.15) is 65.4 Å². The first-order valence-electron chi connectivity index (χ1n) is 14.9. The van der Waals surface area contributed by atoms with Crippen molar-refractivity contribution in [1.29, 1.82) is 0 Å². The minimum atomic E-state index is -0.407. The molecule has 1 aromatic heterocycles. The summed E-state index contributed by atoms with van der Waals surface area (Å²) >= 11 is 0. The highest BCUT2D eigenvalue weighted by Crippen LogP contribution is 2.32. The average molecular weight is 572 g/mol. The van der Waals surface area contributed by atoms with Crippen LogP contribution in [0.4, 0.5) is 0 Å².